The van der Waals surface area contributed by atoms with Crippen molar-refractivity contribution in [2.75, 3.05) is 5.75 Å². The molecule has 0 atom stereocenters. The van der Waals surface area contributed by atoms with E-state index in [0.717, 1.165) is 27.9 Å². The number of nitrogens with zero attached hydrogens (tertiary/aromatic N) is 1. The van der Waals surface area contributed by atoms with Crippen LogP contribution in [-0.2, 0) is 0 Å². The number of oxazole rings is 1. The molecular formula is C29H21NO2S. The summed E-state index contributed by atoms with van der Waals surface area (Å²) in [5.74, 6) is 1.01. The van der Waals surface area contributed by atoms with Crippen LogP contribution in [-0.4, -0.2) is 16.5 Å². The molecule has 5 rings (SSSR count). The Morgan fingerprint density at radius 3 is 1.76 bits per heavy atom. The van der Waals surface area contributed by atoms with Gasteiger partial charge in [-0.15, -0.1) is 0 Å². The molecule has 4 aromatic carbocycles. The maximum Gasteiger partial charge on any atom is 0.257 e. The zero-order valence-corrected chi connectivity index (χ0v) is 18.7. The Balaban J connectivity index is 1.34. The maximum absolute atomic E-state index is 12.8. The number of rotatable bonds is 7. The molecule has 1 heterocycles. The van der Waals surface area contributed by atoms with E-state index in [1.165, 1.54) is 11.8 Å². The van der Waals surface area contributed by atoms with Gasteiger partial charge in [0.2, 0.25) is 0 Å². The van der Waals surface area contributed by atoms with Gasteiger partial charge in [0.1, 0.15) is 5.69 Å². The average molecular weight is 448 g/mol. The van der Waals surface area contributed by atoms with Gasteiger partial charge < -0.3 is 4.42 Å². The molecule has 0 radical (unpaired) electrons. The Kier molecular flexibility index (Phi) is 6.18. The van der Waals surface area contributed by atoms with Crippen molar-refractivity contribution >= 4 is 17.5 Å². The maximum atomic E-state index is 12.8. The van der Waals surface area contributed by atoms with Crippen molar-refractivity contribution in [3.8, 4) is 33.7 Å². The van der Waals surface area contributed by atoms with Gasteiger partial charge in [0, 0.05) is 16.7 Å². The summed E-state index contributed by atoms with van der Waals surface area (Å²) >= 11 is 1.32. The number of carbonyl (C=O) groups is 1. The van der Waals surface area contributed by atoms with Crippen molar-refractivity contribution < 1.29 is 9.21 Å². The lowest BCUT2D eigenvalue weighted by Gasteiger charge is -2.03. The molecule has 0 N–H and O–H groups in total. The summed E-state index contributed by atoms with van der Waals surface area (Å²) in [6, 6.07) is 37.7. The Labute approximate surface area is 197 Å². The molecule has 0 saturated carbocycles. The van der Waals surface area contributed by atoms with E-state index in [1.54, 1.807) is 0 Å². The smallest absolute Gasteiger partial charge is 0.257 e. The van der Waals surface area contributed by atoms with Crippen molar-refractivity contribution in [1.82, 2.24) is 4.98 Å². The second-order valence-corrected chi connectivity index (χ2v) is 8.47. The molecule has 0 saturated heterocycles. The topological polar surface area (TPSA) is 43.1 Å². The molecule has 0 fully saturated rings. The molecule has 0 amide bonds. The van der Waals surface area contributed by atoms with E-state index in [0.29, 0.717) is 16.5 Å². The van der Waals surface area contributed by atoms with Gasteiger partial charge >= 0.3 is 0 Å². The minimum absolute atomic E-state index is 0.0420. The van der Waals surface area contributed by atoms with Crippen LogP contribution in [0.15, 0.2) is 125 Å². The number of carbonyl (C=O) groups excluding carboxylic acids is 1. The van der Waals surface area contributed by atoms with Crippen LogP contribution in [0.2, 0.25) is 0 Å². The number of thioether (sulfide) groups is 1. The van der Waals surface area contributed by atoms with Crippen LogP contribution in [0.4, 0.5) is 0 Å². The molecule has 0 aliphatic rings. The summed E-state index contributed by atoms with van der Waals surface area (Å²) in [5, 5.41) is 0.488. The van der Waals surface area contributed by atoms with E-state index in [4.69, 9.17) is 9.40 Å². The van der Waals surface area contributed by atoms with Gasteiger partial charge in [0.25, 0.3) is 5.22 Å². The Morgan fingerprint density at radius 1 is 0.636 bits per heavy atom. The van der Waals surface area contributed by atoms with Crippen LogP contribution in [0, 0.1) is 0 Å². The van der Waals surface area contributed by atoms with E-state index >= 15 is 0 Å². The third-order valence-corrected chi connectivity index (χ3v) is 6.16. The molecule has 0 spiro atoms. The molecule has 0 unspecified atom stereocenters. The van der Waals surface area contributed by atoms with E-state index in [-0.39, 0.29) is 11.5 Å². The molecule has 1 aromatic heterocycles. The van der Waals surface area contributed by atoms with Gasteiger partial charge in [-0.3, -0.25) is 4.79 Å². The van der Waals surface area contributed by atoms with Gasteiger partial charge in [0.05, 0.1) is 5.75 Å². The molecular weight excluding hydrogens is 426 g/mol. The highest BCUT2D eigenvalue weighted by atomic mass is 32.2. The van der Waals surface area contributed by atoms with Crippen molar-refractivity contribution in [2.45, 2.75) is 5.22 Å². The third kappa shape index (κ3) is 4.81. The monoisotopic (exact) mass is 447 g/mol. The van der Waals surface area contributed by atoms with Gasteiger partial charge in [-0.1, -0.05) is 127 Å². The first-order valence-corrected chi connectivity index (χ1v) is 11.7. The first kappa shape index (κ1) is 21.0. The number of hydrogen-bond donors (Lipinski definition) is 0. The second kappa shape index (κ2) is 9.72. The molecule has 0 aliphatic heterocycles. The summed E-state index contributed by atoms with van der Waals surface area (Å²) in [5.41, 5.74) is 5.62. The molecule has 33 heavy (non-hydrogen) atoms. The minimum atomic E-state index is 0.0420. The minimum Gasteiger partial charge on any atom is -0.431 e. The molecule has 4 heteroatoms. The predicted molar refractivity (Wildman–Crippen MR) is 134 cm³/mol. The highest BCUT2D eigenvalue weighted by Crippen LogP contribution is 2.35. The molecule has 3 nitrogen and oxygen atoms in total. The summed E-state index contributed by atoms with van der Waals surface area (Å²) in [6.07, 6.45) is 0. The fraction of sp³-hybridized carbons (Fsp3) is 0.0345. The Hall–Kier alpha value is -3.89. The van der Waals surface area contributed by atoms with Gasteiger partial charge in [-0.25, -0.2) is 4.98 Å². The van der Waals surface area contributed by atoms with E-state index in [9.17, 15) is 4.79 Å². The number of aromatic nitrogens is 1. The third-order valence-electron chi connectivity index (χ3n) is 5.33. The van der Waals surface area contributed by atoms with Crippen LogP contribution in [0.5, 0.6) is 0 Å². The summed E-state index contributed by atoms with van der Waals surface area (Å²) in [4.78, 5) is 17.5. The first-order valence-electron chi connectivity index (χ1n) is 10.7. The predicted octanol–water partition coefficient (Wildman–Crippen LogP) is 7.65. The number of hydrogen-bond acceptors (Lipinski definition) is 4. The van der Waals surface area contributed by atoms with Crippen molar-refractivity contribution in [1.29, 1.82) is 0 Å². The van der Waals surface area contributed by atoms with Gasteiger partial charge in [-0.2, -0.15) is 0 Å². The lowest BCUT2D eigenvalue weighted by molar-refractivity contribution is 0.102. The van der Waals surface area contributed by atoms with Crippen molar-refractivity contribution in [3.05, 3.63) is 121 Å². The Morgan fingerprint density at radius 2 is 1.15 bits per heavy atom. The standard InChI is InChI=1S/C29H21NO2S/c31-26(23-18-16-22(17-19-23)21-10-4-1-5-11-21)20-33-29-30-27(24-12-6-2-7-13-24)28(32-29)25-14-8-3-9-15-25/h1-19H,20H2. The molecule has 0 aliphatic carbocycles. The zero-order valence-electron chi connectivity index (χ0n) is 17.8. The average Bonchev–Trinajstić information content (AvgIpc) is 3.33. The normalized spacial score (nSPS) is 10.8. The zero-order chi connectivity index (χ0) is 22.5. The Bertz CT molecular complexity index is 1290. The lowest BCUT2D eigenvalue weighted by Crippen LogP contribution is -2.02. The number of benzene rings is 4. The summed E-state index contributed by atoms with van der Waals surface area (Å²) in [6.45, 7) is 0. The molecule has 5 aromatic rings. The van der Waals surface area contributed by atoms with Crippen LogP contribution in [0.1, 0.15) is 10.4 Å². The summed E-state index contributed by atoms with van der Waals surface area (Å²) < 4.78 is 6.12. The van der Waals surface area contributed by atoms with Crippen molar-refractivity contribution in [3.63, 3.8) is 0 Å². The molecule has 0 bridgehead atoms. The van der Waals surface area contributed by atoms with Gasteiger partial charge in [-0.05, 0) is 11.1 Å². The van der Waals surface area contributed by atoms with Crippen LogP contribution >= 0.6 is 11.8 Å². The van der Waals surface area contributed by atoms with E-state index in [2.05, 4.69) is 12.1 Å². The van der Waals surface area contributed by atoms with Crippen LogP contribution in [0.25, 0.3) is 33.7 Å². The largest absolute Gasteiger partial charge is 0.431 e. The summed E-state index contributed by atoms with van der Waals surface area (Å²) in [7, 11) is 0. The molecule has 160 valence electrons. The number of ketones is 1. The van der Waals surface area contributed by atoms with Crippen LogP contribution in [0.3, 0.4) is 0 Å². The lowest BCUT2D eigenvalue weighted by atomic mass is 10.0. The highest BCUT2D eigenvalue weighted by molar-refractivity contribution is 7.99. The van der Waals surface area contributed by atoms with Crippen molar-refractivity contribution in [2.24, 2.45) is 0 Å². The van der Waals surface area contributed by atoms with E-state index < -0.39 is 0 Å². The fourth-order valence-corrected chi connectivity index (χ4v) is 4.35. The SMILES string of the molecule is O=C(CSc1nc(-c2ccccc2)c(-c2ccccc2)o1)c1ccc(-c2ccccc2)cc1. The second-order valence-electron chi connectivity index (χ2n) is 7.54. The quantitative estimate of drug-likeness (QED) is 0.190. The highest BCUT2D eigenvalue weighted by Gasteiger charge is 2.18. The fourth-order valence-electron chi connectivity index (χ4n) is 3.63. The first-order chi connectivity index (χ1) is 16.3. The van der Waals surface area contributed by atoms with Gasteiger partial charge in [0.15, 0.2) is 11.5 Å². The van der Waals surface area contributed by atoms with E-state index in [1.807, 2.05) is 103 Å². The number of Topliss-reactive ketones (excluding diaryl/α,β-unsaturated/α-hetero) is 1. The van der Waals surface area contributed by atoms with Crippen LogP contribution < -0.4 is 0 Å².